The van der Waals surface area contributed by atoms with E-state index in [1.54, 1.807) is 6.92 Å². The number of carbonyl (C=O) groups is 2. The fourth-order valence-corrected chi connectivity index (χ4v) is 0.309. The molecule has 0 aromatic carbocycles. The number of carbonyl (C=O) groups excluding carboxylic acids is 2. The summed E-state index contributed by atoms with van der Waals surface area (Å²) in [7, 11) is 2.05. The molecule has 0 aliphatic carbocycles. The number of hydrogen-bond acceptors (Lipinski definition) is 4. The molecule has 2 radical (unpaired) electrons. The van der Waals surface area contributed by atoms with Crippen molar-refractivity contribution in [2.24, 2.45) is 0 Å². The average Bonchev–Trinajstić information content (AvgIpc) is 2.16. The van der Waals surface area contributed by atoms with Crippen LogP contribution in [0.1, 0.15) is 13.3 Å². The van der Waals surface area contributed by atoms with Gasteiger partial charge < -0.3 is 20.2 Å². The molecule has 0 aliphatic heterocycles. The van der Waals surface area contributed by atoms with Crippen LogP contribution in [-0.4, -0.2) is 42.9 Å². The number of hydrogen-bond donors (Lipinski definition) is 3. The van der Waals surface area contributed by atoms with Gasteiger partial charge in [0.15, 0.2) is 0 Å². The molecular formula is C6H13BNO4Y. The van der Waals surface area contributed by atoms with Gasteiger partial charge in [-0.2, -0.15) is 0 Å². The summed E-state index contributed by atoms with van der Waals surface area (Å²) in [4.78, 5) is 20.8. The molecule has 0 atom stereocenters. The molecule has 0 bridgehead atoms. The van der Waals surface area contributed by atoms with E-state index in [-0.39, 0.29) is 38.4 Å². The number of rotatable bonds is 4. The summed E-state index contributed by atoms with van der Waals surface area (Å²) in [5, 5.41) is 17.3. The predicted octanol–water partition coefficient (Wildman–Crippen LogP) is -1.74. The van der Waals surface area contributed by atoms with Gasteiger partial charge in [0.2, 0.25) is 5.91 Å². The SMILES string of the molecule is CCC(=O)[B]NC(=O)CO.CO.[Y]. The minimum Gasteiger partial charge on any atom is -0.400 e. The molecule has 0 aliphatic rings. The van der Waals surface area contributed by atoms with E-state index in [1.807, 2.05) is 0 Å². The zero-order valence-electron chi connectivity index (χ0n) is 7.78. The molecule has 3 N–H and O–H groups in total. The second kappa shape index (κ2) is 14.7. The molecule has 72 valence electrons. The van der Waals surface area contributed by atoms with Crippen molar-refractivity contribution < 1.29 is 52.5 Å². The van der Waals surface area contributed by atoms with Crippen molar-refractivity contribution in [2.75, 3.05) is 13.7 Å². The first-order valence-corrected chi connectivity index (χ1v) is 3.41. The van der Waals surface area contributed by atoms with Crippen molar-refractivity contribution in [3.8, 4) is 0 Å². The standard InChI is InChI=1S/C5H9BNO3.CH4O.Y/c1-2-4(9)6-7-5(10)3-8;1-2;/h8H,2-3H2,1H3,(H,7,10);2H,1H3;. The van der Waals surface area contributed by atoms with Gasteiger partial charge in [-0.3, -0.25) is 4.79 Å². The normalized spacial score (nSPS) is 7.08. The molecule has 0 rings (SSSR count). The van der Waals surface area contributed by atoms with Crippen LogP contribution in [0.15, 0.2) is 0 Å². The summed E-state index contributed by atoms with van der Waals surface area (Å²) in [5.74, 6) is -0.568. The van der Waals surface area contributed by atoms with Crippen molar-refractivity contribution >= 4 is 19.0 Å². The van der Waals surface area contributed by atoms with Crippen molar-refractivity contribution in [3.05, 3.63) is 0 Å². The Morgan fingerprint density at radius 3 is 2.15 bits per heavy atom. The number of aliphatic hydroxyl groups excluding tert-OH is 2. The van der Waals surface area contributed by atoms with Crippen LogP contribution in [-0.2, 0) is 42.3 Å². The number of nitrogens with one attached hydrogen (secondary N) is 1. The summed E-state index contributed by atoms with van der Waals surface area (Å²) >= 11 is 0. The number of amides is 1. The van der Waals surface area contributed by atoms with E-state index in [1.165, 1.54) is 0 Å². The molecule has 1 amide bonds. The Labute approximate surface area is 103 Å². The monoisotopic (exact) mass is 263 g/mol. The molecular weight excluding hydrogens is 250 g/mol. The van der Waals surface area contributed by atoms with Gasteiger partial charge in [-0.25, -0.2) is 0 Å². The van der Waals surface area contributed by atoms with Crippen molar-refractivity contribution in [1.82, 2.24) is 5.23 Å². The zero-order valence-corrected chi connectivity index (χ0v) is 10.6. The van der Waals surface area contributed by atoms with Crippen LogP contribution in [0.3, 0.4) is 0 Å². The van der Waals surface area contributed by atoms with Gasteiger partial charge in [-0.1, -0.05) is 6.92 Å². The maximum absolute atomic E-state index is 10.5. The van der Waals surface area contributed by atoms with Crippen LogP contribution < -0.4 is 5.23 Å². The molecule has 0 saturated heterocycles. The van der Waals surface area contributed by atoms with Gasteiger partial charge in [-0.15, -0.1) is 0 Å². The summed E-state index contributed by atoms with van der Waals surface area (Å²) in [5.41, 5.74) is -0.165. The first kappa shape index (κ1) is 18.9. The van der Waals surface area contributed by atoms with E-state index >= 15 is 0 Å². The second-order valence-electron chi connectivity index (χ2n) is 1.69. The molecule has 0 saturated carbocycles. The zero-order chi connectivity index (χ0) is 9.98. The second-order valence-corrected chi connectivity index (χ2v) is 1.69. The first-order chi connectivity index (χ1) is 5.70. The van der Waals surface area contributed by atoms with Gasteiger partial charge in [0.25, 0.3) is 0 Å². The molecule has 0 fully saturated rings. The van der Waals surface area contributed by atoms with Crippen LogP contribution in [0, 0.1) is 0 Å². The molecule has 7 heteroatoms. The topological polar surface area (TPSA) is 86.6 Å². The Morgan fingerprint density at radius 1 is 1.38 bits per heavy atom. The maximum atomic E-state index is 10.5. The Balaban J connectivity index is -0.000000309. The molecule has 0 aromatic heterocycles. The van der Waals surface area contributed by atoms with Crippen molar-refractivity contribution in [1.29, 1.82) is 0 Å². The molecule has 0 spiro atoms. The Bertz CT molecular complexity index is 129. The Hall–Kier alpha value is 0.229. The van der Waals surface area contributed by atoms with Crippen LogP contribution in [0.2, 0.25) is 0 Å². The van der Waals surface area contributed by atoms with Gasteiger partial charge in [0.05, 0.1) is 0 Å². The molecule has 5 nitrogen and oxygen atoms in total. The predicted molar refractivity (Wildman–Crippen MR) is 44.4 cm³/mol. The third-order valence-electron chi connectivity index (χ3n) is 0.886. The fraction of sp³-hybridized carbons (Fsp3) is 0.667. The third-order valence-corrected chi connectivity index (χ3v) is 0.886. The maximum Gasteiger partial charge on any atom is 0.333 e. The molecule has 13 heavy (non-hydrogen) atoms. The van der Waals surface area contributed by atoms with Crippen LogP contribution >= 0.6 is 0 Å². The molecule has 0 heterocycles. The van der Waals surface area contributed by atoms with Gasteiger partial charge >= 0.3 is 7.41 Å². The third kappa shape index (κ3) is 15.0. The van der Waals surface area contributed by atoms with Crippen molar-refractivity contribution in [3.63, 3.8) is 0 Å². The summed E-state index contributed by atoms with van der Waals surface area (Å²) in [6.45, 7) is 1.09. The Kier molecular flexibility index (Phi) is 21.4. The van der Waals surface area contributed by atoms with E-state index in [0.29, 0.717) is 6.42 Å². The van der Waals surface area contributed by atoms with Crippen LogP contribution in [0.5, 0.6) is 0 Å². The van der Waals surface area contributed by atoms with E-state index in [4.69, 9.17) is 10.2 Å². The summed E-state index contributed by atoms with van der Waals surface area (Å²) < 4.78 is 0. The quantitative estimate of drug-likeness (QED) is 0.525. The van der Waals surface area contributed by atoms with E-state index in [9.17, 15) is 9.59 Å². The largest absolute Gasteiger partial charge is 0.400 e. The van der Waals surface area contributed by atoms with Gasteiger partial charge in [0.1, 0.15) is 12.3 Å². The molecule has 0 aromatic rings. The van der Waals surface area contributed by atoms with Crippen LogP contribution in [0.25, 0.3) is 0 Å². The Morgan fingerprint density at radius 2 is 1.85 bits per heavy atom. The van der Waals surface area contributed by atoms with Crippen LogP contribution in [0.4, 0.5) is 0 Å². The van der Waals surface area contributed by atoms with Gasteiger partial charge in [-0.05, 0) is 6.42 Å². The van der Waals surface area contributed by atoms with E-state index in [0.717, 1.165) is 14.5 Å². The minimum absolute atomic E-state index is 0. The van der Waals surface area contributed by atoms with E-state index in [2.05, 4.69) is 5.23 Å². The number of aliphatic hydroxyl groups is 2. The fourth-order valence-electron chi connectivity index (χ4n) is 0.309. The van der Waals surface area contributed by atoms with Gasteiger partial charge in [0, 0.05) is 39.8 Å². The van der Waals surface area contributed by atoms with E-state index < -0.39 is 12.5 Å². The average molecular weight is 263 g/mol. The first-order valence-electron chi connectivity index (χ1n) is 3.41. The minimum atomic E-state index is -0.590. The smallest absolute Gasteiger partial charge is 0.333 e. The summed E-state index contributed by atoms with van der Waals surface area (Å²) in [6.07, 6.45) is 0.353. The molecule has 0 unspecified atom stereocenters. The summed E-state index contributed by atoms with van der Waals surface area (Å²) in [6, 6.07) is 0. The van der Waals surface area contributed by atoms with Crippen molar-refractivity contribution in [2.45, 2.75) is 13.3 Å².